The molecule has 1 heterocycles. The normalized spacial score (nSPS) is 14.4. The van der Waals surface area contributed by atoms with Crippen molar-refractivity contribution in [3.05, 3.63) is 81.9 Å². The van der Waals surface area contributed by atoms with Crippen molar-refractivity contribution in [3.63, 3.8) is 0 Å². The summed E-state index contributed by atoms with van der Waals surface area (Å²) in [7, 11) is 0. The highest BCUT2D eigenvalue weighted by atomic mass is 32.2. The summed E-state index contributed by atoms with van der Waals surface area (Å²) in [5, 5.41) is 2.69. The Labute approximate surface area is 171 Å². The molecule has 0 unspecified atom stereocenters. The van der Waals surface area contributed by atoms with E-state index >= 15 is 0 Å². The number of aromatic amines is 1. The maximum atomic E-state index is 13.4. The molecule has 148 valence electrons. The van der Waals surface area contributed by atoms with Crippen molar-refractivity contribution >= 4 is 17.7 Å². The average Bonchev–Trinajstić information content (AvgIpc) is 3.54. The van der Waals surface area contributed by atoms with Gasteiger partial charge in [-0.15, -0.1) is 0 Å². The zero-order chi connectivity index (χ0) is 20.4. The van der Waals surface area contributed by atoms with E-state index in [1.807, 2.05) is 30.3 Å². The van der Waals surface area contributed by atoms with Gasteiger partial charge in [0.25, 0.3) is 5.56 Å². The fraction of sp³-hybridized carbons (Fsp3) is 0.227. The van der Waals surface area contributed by atoms with Crippen LogP contribution in [0.25, 0.3) is 11.3 Å². The molecule has 0 radical (unpaired) electrons. The van der Waals surface area contributed by atoms with Gasteiger partial charge in [0.15, 0.2) is 5.16 Å². The maximum Gasteiger partial charge on any atom is 0.255 e. The average molecular weight is 409 g/mol. The van der Waals surface area contributed by atoms with Crippen molar-refractivity contribution in [1.82, 2.24) is 15.3 Å². The standard InChI is InChI=1S/C22H20FN3O2S/c1-13-18(14-5-3-2-4-6-14)25-22(26-20(13)27)29-19(21(28)24-17-11-12-17)15-7-9-16(23)10-8-15/h2-10,17,19H,11-12H2,1H3,(H,24,28)(H,25,26,27)/t19-/m0/s1. The van der Waals surface area contributed by atoms with Gasteiger partial charge in [0.2, 0.25) is 5.91 Å². The number of H-pyrrole nitrogens is 1. The zero-order valence-electron chi connectivity index (χ0n) is 15.8. The van der Waals surface area contributed by atoms with Gasteiger partial charge in [0.05, 0.1) is 5.69 Å². The molecule has 1 aromatic heterocycles. The third-order valence-electron chi connectivity index (χ3n) is 4.74. The molecule has 2 N–H and O–H groups in total. The first-order valence-corrected chi connectivity index (χ1v) is 10.3. The van der Waals surface area contributed by atoms with Gasteiger partial charge in [-0.25, -0.2) is 9.37 Å². The Kier molecular flexibility index (Phi) is 5.49. The summed E-state index contributed by atoms with van der Waals surface area (Å²) in [6, 6.07) is 15.5. The van der Waals surface area contributed by atoms with E-state index < -0.39 is 5.25 Å². The molecule has 1 aliphatic carbocycles. The van der Waals surface area contributed by atoms with Crippen LogP contribution in [0.3, 0.4) is 0 Å². The molecule has 1 amide bonds. The summed E-state index contributed by atoms with van der Waals surface area (Å²) < 4.78 is 13.4. The fourth-order valence-corrected chi connectivity index (χ4v) is 3.96. The van der Waals surface area contributed by atoms with Crippen LogP contribution < -0.4 is 10.9 Å². The first-order valence-electron chi connectivity index (χ1n) is 9.40. The number of carbonyl (C=O) groups excluding carboxylic acids is 1. The Bertz CT molecular complexity index is 1080. The molecule has 1 saturated carbocycles. The monoisotopic (exact) mass is 409 g/mol. The summed E-state index contributed by atoms with van der Waals surface area (Å²) in [5.41, 5.74) is 2.33. The summed E-state index contributed by atoms with van der Waals surface area (Å²) in [5.74, 6) is -0.540. The van der Waals surface area contributed by atoms with Gasteiger partial charge in [-0.2, -0.15) is 0 Å². The van der Waals surface area contributed by atoms with E-state index in [9.17, 15) is 14.0 Å². The molecular weight excluding hydrogens is 389 g/mol. The molecule has 1 fully saturated rings. The number of benzene rings is 2. The Hall–Kier alpha value is -2.93. The molecule has 0 saturated heterocycles. The molecule has 4 rings (SSSR count). The summed E-state index contributed by atoms with van der Waals surface area (Å²) in [6.07, 6.45) is 1.93. The van der Waals surface area contributed by atoms with Crippen LogP contribution in [0.2, 0.25) is 0 Å². The van der Waals surface area contributed by atoms with Crippen LogP contribution in [-0.4, -0.2) is 21.9 Å². The van der Waals surface area contributed by atoms with Gasteiger partial charge < -0.3 is 10.3 Å². The number of aromatic nitrogens is 2. The molecular formula is C22H20FN3O2S. The first-order chi connectivity index (χ1) is 14.0. The van der Waals surface area contributed by atoms with E-state index in [1.54, 1.807) is 19.1 Å². The number of thioether (sulfide) groups is 1. The highest BCUT2D eigenvalue weighted by Crippen LogP contribution is 2.35. The number of rotatable bonds is 6. The number of nitrogens with one attached hydrogen (secondary N) is 2. The van der Waals surface area contributed by atoms with Crippen LogP contribution in [0.5, 0.6) is 0 Å². The topological polar surface area (TPSA) is 74.8 Å². The van der Waals surface area contributed by atoms with Crippen LogP contribution >= 0.6 is 11.8 Å². The lowest BCUT2D eigenvalue weighted by Gasteiger charge is -2.17. The van der Waals surface area contributed by atoms with E-state index in [4.69, 9.17) is 0 Å². The lowest BCUT2D eigenvalue weighted by molar-refractivity contribution is -0.120. The second-order valence-electron chi connectivity index (χ2n) is 7.04. The van der Waals surface area contributed by atoms with E-state index in [0.29, 0.717) is 22.0 Å². The van der Waals surface area contributed by atoms with Crippen LogP contribution in [0.4, 0.5) is 4.39 Å². The molecule has 0 spiro atoms. The predicted molar refractivity (Wildman–Crippen MR) is 111 cm³/mol. The number of carbonyl (C=O) groups is 1. The highest BCUT2D eigenvalue weighted by Gasteiger charge is 2.30. The highest BCUT2D eigenvalue weighted by molar-refractivity contribution is 8.00. The number of hydrogen-bond acceptors (Lipinski definition) is 4. The van der Waals surface area contributed by atoms with Gasteiger partial charge in [-0.1, -0.05) is 54.2 Å². The molecule has 3 aromatic rings. The van der Waals surface area contributed by atoms with Crippen molar-refractivity contribution in [2.75, 3.05) is 0 Å². The zero-order valence-corrected chi connectivity index (χ0v) is 16.6. The summed E-state index contributed by atoms with van der Waals surface area (Å²) in [4.78, 5) is 32.7. The quantitative estimate of drug-likeness (QED) is 0.477. The minimum Gasteiger partial charge on any atom is -0.352 e. The van der Waals surface area contributed by atoms with Gasteiger partial charge in [-0.3, -0.25) is 9.59 Å². The fourth-order valence-electron chi connectivity index (χ4n) is 2.97. The molecule has 0 bridgehead atoms. The minimum atomic E-state index is -0.648. The Morgan fingerprint density at radius 3 is 2.52 bits per heavy atom. The first kappa shape index (κ1) is 19.4. The third-order valence-corrected chi connectivity index (χ3v) is 5.88. The van der Waals surface area contributed by atoms with E-state index in [2.05, 4.69) is 15.3 Å². The van der Waals surface area contributed by atoms with Crippen LogP contribution in [0.1, 0.15) is 29.2 Å². The Balaban J connectivity index is 1.69. The number of nitrogens with zero attached hydrogens (tertiary/aromatic N) is 1. The van der Waals surface area contributed by atoms with Crippen molar-refractivity contribution < 1.29 is 9.18 Å². The number of halogens is 1. The molecule has 1 aliphatic rings. The van der Waals surface area contributed by atoms with Crippen molar-refractivity contribution in [2.24, 2.45) is 0 Å². The Morgan fingerprint density at radius 1 is 1.17 bits per heavy atom. The molecule has 1 atom stereocenters. The molecule has 0 aliphatic heterocycles. The second kappa shape index (κ2) is 8.21. The van der Waals surface area contributed by atoms with Gasteiger partial charge in [0.1, 0.15) is 11.1 Å². The van der Waals surface area contributed by atoms with E-state index in [-0.39, 0.29) is 23.3 Å². The minimum absolute atomic E-state index is 0.173. The third kappa shape index (κ3) is 4.56. The lowest BCUT2D eigenvalue weighted by Crippen LogP contribution is -2.30. The van der Waals surface area contributed by atoms with Crippen LogP contribution in [0.15, 0.2) is 64.5 Å². The predicted octanol–water partition coefficient (Wildman–Crippen LogP) is 4.00. The molecule has 7 heteroatoms. The van der Waals surface area contributed by atoms with Gasteiger partial charge in [-0.05, 0) is 37.5 Å². The lowest BCUT2D eigenvalue weighted by atomic mass is 10.1. The van der Waals surface area contributed by atoms with Crippen LogP contribution in [-0.2, 0) is 4.79 Å². The maximum absolute atomic E-state index is 13.4. The van der Waals surface area contributed by atoms with Gasteiger partial charge in [0, 0.05) is 17.2 Å². The Morgan fingerprint density at radius 2 is 1.86 bits per heavy atom. The number of amides is 1. The van der Waals surface area contributed by atoms with E-state index in [1.165, 1.54) is 12.1 Å². The molecule has 2 aromatic carbocycles. The van der Waals surface area contributed by atoms with Gasteiger partial charge >= 0.3 is 0 Å². The summed E-state index contributed by atoms with van der Waals surface area (Å²) in [6.45, 7) is 1.72. The summed E-state index contributed by atoms with van der Waals surface area (Å²) >= 11 is 1.16. The number of hydrogen-bond donors (Lipinski definition) is 2. The largest absolute Gasteiger partial charge is 0.352 e. The SMILES string of the molecule is Cc1c(-c2ccccc2)nc(S[C@H](C(=O)NC2CC2)c2ccc(F)cc2)[nH]c1=O. The molecule has 5 nitrogen and oxygen atoms in total. The second-order valence-corrected chi connectivity index (χ2v) is 8.14. The van der Waals surface area contributed by atoms with Crippen molar-refractivity contribution in [3.8, 4) is 11.3 Å². The van der Waals surface area contributed by atoms with E-state index in [0.717, 1.165) is 30.2 Å². The van der Waals surface area contributed by atoms with Crippen LogP contribution in [0, 0.1) is 12.7 Å². The van der Waals surface area contributed by atoms with Crippen molar-refractivity contribution in [2.45, 2.75) is 36.2 Å². The molecule has 29 heavy (non-hydrogen) atoms. The smallest absolute Gasteiger partial charge is 0.255 e. The van der Waals surface area contributed by atoms with Crippen molar-refractivity contribution in [1.29, 1.82) is 0 Å².